The molecule has 0 N–H and O–H groups in total. The maximum absolute atomic E-state index is 12.5. The Balaban J connectivity index is 1.72. The van der Waals surface area contributed by atoms with E-state index in [9.17, 15) is 4.79 Å². The van der Waals surface area contributed by atoms with E-state index < -0.39 is 0 Å². The van der Waals surface area contributed by atoms with Crippen LogP contribution >= 0.6 is 0 Å². The molecule has 2 heterocycles. The minimum absolute atomic E-state index is 0.0316. The number of hydrogen-bond acceptors (Lipinski definition) is 4. The molecule has 1 aliphatic rings. The Hall–Kier alpha value is -3.21. The van der Waals surface area contributed by atoms with E-state index in [0.717, 1.165) is 61.9 Å². The lowest BCUT2D eigenvalue weighted by atomic mass is 10.0. The molecule has 5 heteroatoms. The average Bonchev–Trinajstić information content (AvgIpc) is 2.85. The highest BCUT2D eigenvalue weighted by atomic mass is 16.2. The zero-order valence-electron chi connectivity index (χ0n) is 20.2. The fourth-order valence-electron chi connectivity index (χ4n) is 4.38. The van der Waals surface area contributed by atoms with Crippen LogP contribution < -0.4 is 4.90 Å². The minimum Gasteiger partial charge on any atom is -0.353 e. The number of hydrogen-bond donors (Lipinski definition) is 0. The van der Waals surface area contributed by atoms with Crippen molar-refractivity contribution in [1.82, 2.24) is 14.9 Å². The van der Waals surface area contributed by atoms with Gasteiger partial charge in [0.15, 0.2) is 5.82 Å². The first-order valence-corrected chi connectivity index (χ1v) is 12.0. The maximum Gasteiger partial charge on any atom is 0.225 e. The summed E-state index contributed by atoms with van der Waals surface area (Å²) in [5, 5.41) is 0. The van der Waals surface area contributed by atoms with Crippen LogP contribution in [0.1, 0.15) is 43.2 Å². The van der Waals surface area contributed by atoms with E-state index in [0.29, 0.717) is 0 Å². The molecule has 33 heavy (non-hydrogen) atoms. The molecule has 1 amide bonds. The second kappa shape index (κ2) is 10.2. The number of amides is 1. The highest BCUT2D eigenvalue weighted by Gasteiger charge is 2.26. The lowest BCUT2D eigenvalue weighted by Gasteiger charge is -2.37. The summed E-state index contributed by atoms with van der Waals surface area (Å²) in [5.74, 6) is 2.05. The minimum atomic E-state index is 0.0316. The van der Waals surface area contributed by atoms with Crippen molar-refractivity contribution < 1.29 is 4.79 Å². The van der Waals surface area contributed by atoms with Crippen LogP contribution in [0.2, 0.25) is 0 Å². The van der Waals surface area contributed by atoms with Crippen LogP contribution in [0.5, 0.6) is 0 Å². The Morgan fingerprint density at radius 3 is 2.21 bits per heavy atom. The fraction of sp³-hybridized carbons (Fsp3) is 0.393. The zero-order chi connectivity index (χ0) is 23.4. The van der Waals surface area contributed by atoms with Crippen molar-refractivity contribution >= 4 is 11.7 Å². The molecular weight excluding hydrogens is 408 g/mol. The first-order chi connectivity index (χ1) is 16.0. The van der Waals surface area contributed by atoms with Crippen molar-refractivity contribution in [2.45, 2.75) is 40.5 Å². The fourth-order valence-corrected chi connectivity index (χ4v) is 4.38. The third kappa shape index (κ3) is 5.24. The number of carbonyl (C=O) groups is 1. The van der Waals surface area contributed by atoms with Gasteiger partial charge in [0.05, 0.1) is 0 Å². The van der Waals surface area contributed by atoms with Crippen molar-refractivity contribution in [1.29, 1.82) is 0 Å². The van der Waals surface area contributed by atoms with E-state index in [4.69, 9.17) is 9.97 Å². The summed E-state index contributed by atoms with van der Waals surface area (Å²) < 4.78 is 0. The molecular formula is C28H34N4O. The van der Waals surface area contributed by atoms with Gasteiger partial charge >= 0.3 is 0 Å². The summed E-state index contributed by atoms with van der Waals surface area (Å²) in [4.78, 5) is 26.9. The molecule has 0 radical (unpaired) electrons. The Bertz CT molecular complexity index is 1080. The van der Waals surface area contributed by atoms with Gasteiger partial charge < -0.3 is 9.80 Å². The number of anilines is 1. The molecule has 3 aromatic rings. The van der Waals surface area contributed by atoms with Gasteiger partial charge in [-0.25, -0.2) is 9.97 Å². The Labute approximate surface area is 197 Å². The average molecular weight is 443 g/mol. The molecule has 0 bridgehead atoms. The number of aryl methyl sites for hydroxylation is 2. The molecule has 172 valence electrons. The van der Waals surface area contributed by atoms with E-state index >= 15 is 0 Å². The highest BCUT2D eigenvalue weighted by molar-refractivity contribution is 5.78. The van der Waals surface area contributed by atoms with Crippen molar-refractivity contribution in [3.63, 3.8) is 0 Å². The molecule has 1 fully saturated rings. The lowest BCUT2D eigenvalue weighted by Crippen LogP contribution is -2.50. The Kier molecular flexibility index (Phi) is 7.07. The van der Waals surface area contributed by atoms with Gasteiger partial charge in [-0.05, 0) is 18.9 Å². The molecule has 0 atom stereocenters. The van der Waals surface area contributed by atoms with Crippen molar-refractivity contribution in [2.75, 3.05) is 31.1 Å². The van der Waals surface area contributed by atoms with Gasteiger partial charge in [-0.1, -0.05) is 80.9 Å². The van der Waals surface area contributed by atoms with Crippen LogP contribution in [0, 0.1) is 12.8 Å². The SMILES string of the molecule is CCc1nc(-c2ccccc2)nc(N2CCN(C(=O)C(C)C)CC2)c1Cc1ccc(C)cc1. The van der Waals surface area contributed by atoms with E-state index in [1.165, 1.54) is 16.7 Å². The molecule has 0 spiro atoms. The number of benzene rings is 2. The third-order valence-electron chi connectivity index (χ3n) is 6.32. The van der Waals surface area contributed by atoms with E-state index in [2.05, 4.69) is 55.1 Å². The van der Waals surface area contributed by atoms with Crippen LogP contribution in [-0.4, -0.2) is 47.0 Å². The predicted octanol–water partition coefficient (Wildman–Crippen LogP) is 4.91. The molecule has 4 rings (SSSR count). The largest absolute Gasteiger partial charge is 0.353 e. The number of carbonyl (C=O) groups excluding carboxylic acids is 1. The summed E-state index contributed by atoms with van der Waals surface area (Å²) in [6, 6.07) is 18.9. The number of aromatic nitrogens is 2. The van der Waals surface area contributed by atoms with Gasteiger partial charge in [0.1, 0.15) is 5.82 Å². The van der Waals surface area contributed by atoms with Crippen molar-refractivity contribution in [2.24, 2.45) is 5.92 Å². The number of nitrogens with zero attached hydrogens (tertiary/aromatic N) is 4. The predicted molar refractivity (Wildman–Crippen MR) is 134 cm³/mol. The third-order valence-corrected chi connectivity index (χ3v) is 6.32. The molecule has 1 aromatic heterocycles. The number of rotatable bonds is 6. The van der Waals surface area contributed by atoms with Gasteiger partial charge in [-0.2, -0.15) is 0 Å². The molecule has 0 unspecified atom stereocenters. The molecule has 2 aromatic carbocycles. The van der Waals surface area contributed by atoms with Crippen molar-refractivity contribution in [3.8, 4) is 11.4 Å². The van der Waals surface area contributed by atoms with E-state index in [1.54, 1.807) is 0 Å². The second-order valence-corrected chi connectivity index (χ2v) is 9.15. The van der Waals surface area contributed by atoms with Gasteiger partial charge in [-0.3, -0.25) is 4.79 Å². The van der Waals surface area contributed by atoms with Crippen LogP contribution in [0.3, 0.4) is 0 Å². The molecule has 5 nitrogen and oxygen atoms in total. The van der Waals surface area contributed by atoms with Crippen LogP contribution in [0.25, 0.3) is 11.4 Å². The first kappa shape index (κ1) is 23.0. The lowest BCUT2D eigenvalue weighted by molar-refractivity contribution is -0.134. The summed E-state index contributed by atoms with van der Waals surface area (Å²) in [6.45, 7) is 11.2. The molecule has 0 saturated carbocycles. The van der Waals surface area contributed by atoms with E-state index in [-0.39, 0.29) is 11.8 Å². The first-order valence-electron chi connectivity index (χ1n) is 12.0. The maximum atomic E-state index is 12.5. The van der Waals surface area contributed by atoms with Gasteiger partial charge in [0, 0.05) is 55.3 Å². The topological polar surface area (TPSA) is 49.3 Å². The summed E-state index contributed by atoms with van der Waals surface area (Å²) >= 11 is 0. The smallest absolute Gasteiger partial charge is 0.225 e. The van der Waals surface area contributed by atoms with Gasteiger partial charge in [0.2, 0.25) is 5.91 Å². The van der Waals surface area contributed by atoms with Crippen LogP contribution in [-0.2, 0) is 17.6 Å². The highest BCUT2D eigenvalue weighted by Crippen LogP contribution is 2.29. The molecule has 1 saturated heterocycles. The van der Waals surface area contributed by atoms with Gasteiger partial charge in [0.25, 0.3) is 0 Å². The van der Waals surface area contributed by atoms with Crippen LogP contribution in [0.4, 0.5) is 5.82 Å². The van der Waals surface area contributed by atoms with Crippen LogP contribution in [0.15, 0.2) is 54.6 Å². The van der Waals surface area contributed by atoms with E-state index in [1.807, 2.05) is 36.9 Å². The standard InChI is InChI=1S/C28H34N4O/c1-5-25-24(19-22-13-11-21(4)12-14-22)27(30-26(29-25)23-9-7-6-8-10-23)31-15-17-32(18-16-31)28(33)20(2)3/h6-14,20H,5,15-19H2,1-4H3. The summed E-state index contributed by atoms with van der Waals surface area (Å²) in [5.41, 5.74) is 5.85. The monoisotopic (exact) mass is 442 g/mol. The summed E-state index contributed by atoms with van der Waals surface area (Å²) in [6.07, 6.45) is 1.65. The zero-order valence-corrected chi connectivity index (χ0v) is 20.2. The number of piperazine rings is 1. The Morgan fingerprint density at radius 1 is 0.939 bits per heavy atom. The second-order valence-electron chi connectivity index (χ2n) is 9.15. The quantitative estimate of drug-likeness (QED) is 0.544. The summed E-state index contributed by atoms with van der Waals surface area (Å²) in [7, 11) is 0. The normalized spacial score (nSPS) is 14.1. The Morgan fingerprint density at radius 2 is 1.61 bits per heavy atom. The van der Waals surface area contributed by atoms with Gasteiger partial charge in [-0.15, -0.1) is 0 Å². The molecule has 1 aliphatic heterocycles. The molecule has 0 aliphatic carbocycles. The van der Waals surface area contributed by atoms with Crippen molar-refractivity contribution in [3.05, 3.63) is 77.0 Å².